The number of nitrogens with zero attached hydrogens (tertiary/aromatic N) is 2. The predicted molar refractivity (Wildman–Crippen MR) is 101 cm³/mol. The van der Waals surface area contributed by atoms with Crippen LogP contribution in [-0.4, -0.2) is 47.8 Å². The van der Waals surface area contributed by atoms with Gasteiger partial charge in [-0.3, -0.25) is 9.59 Å². The molecule has 2 aromatic rings. The van der Waals surface area contributed by atoms with Gasteiger partial charge in [0.1, 0.15) is 0 Å². The minimum Gasteiger partial charge on any atom is -0.335 e. The molecule has 3 rings (SSSR count). The fourth-order valence-corrected chi connectivity index (χ4v) is 4.21. The molecule has 5 heteroatoms. The molecule has 2 amide bonds. The van der Waals surface area contributed by atoms with Crippen LogP contribution in [0.4, 0.5) is 0 Å². The van der Waals surface area contributed by atoms with Gasteiger partial charge in [-0.2, -0.15) is 0 Å². The second-order valence-electron chi connectivity index (χ2n) is 6.39. The second-order valence-corrected chi connectivity index (χ2v) is 7.65. The maximum Gasteiger partial charge on any atom is 0.264 e. The number of carbonyl (C=O) groups is 2. The van der Waals surface area contributed by atoms with Gasteiger partial charge in [-0.15, -0.1) is 11.3 Å². The number of thiophene rings is 1. The average molecular weight is 356 g/mol. The maximum atomic E-state index is 12.7. The molecule has 25 heavy (non-hydrogen) atoms. The Labute approximate surface area is 153 Å². The summed E-state index contributed by atoms with van der Waals surface area (Å²) >= 11 is 1.59. The van der Waals surface area contributed by atoms with E-state index < -0.39 is 0 Å². The zero-order valence-electron chi connectivity index (χ0n) is 14.8. The smallest absolute Gasteiger partial charge is 0.264 e. The van der Waals surface area contributed by atoms with Crippen molar-refractivity contribution in [3.05, 3.63) is 57.3 Å². The maximum absolute atomic E-state index is 12.7. The molecule has 1 aromatic heterocycles. The van der Waals surface area contributed by atoms with Gasteiger partial charge in [-0.25, -0.2) is 0 Å². The van der Waals surface area contributed by atoms with Gasteiger partial charge in [-0.05, 0) is 37.1 Å². The standard InChI is InChI=1S/C20H24N2O2S/c1-3-7-17-14-18(25-15(17)2)20(24)22-12-10-21(11-13-22)19(23)16-8-5-4-6-9-16/h4-6,8-9,14H,3,7,10-13H2,1-2H3. The Kier molecular flexibility index (Phi) is 5.53. The summed E-state index contributed by atoms with van der Waals surface area (Å²) < 4.78 is 0. The normalized spacial score (nSPS) is 14.6. The third-order valence-electron chi connectivity index (χ3n) is 4.63. The number of hydrogen-bond acceptors (Lipinski definition) is 3. The number of hydrogen-bond donors (Lipinski definition) is 0. The Morgan fingerprint density at radius 2 is 1.60 bits per heavy atom. The lowest BCUT2D eigenvalue weighted by atomic mass is 10.1. The molecule has 1 aromatic carbocycles. The fourth-order valence-electron chi connectivity index (χ4n) is 3.17. The highest BCUT2D eigenvalue weighted by Crippen LogP contribution is 2.24. The van der Waals surface area contributed by atoms with E-state index in [1.807, 2.05) is 46.2 Å². The van der Waals surface area contributed by atoms with E-state index in [1.54, 1.807) is 11.3 Å². The van der Waals surface area contributed by atoms with Crippen LogP contribution in [0, 0.1) is 6.92 Å². The van der Waals surface area contributed by atoms with Gasteiger partial charge in [0.25, 0.3) is 11.8 Å². The largest absolute Gasteiger partial charge is 0.335 e. The van der Waals surface area contributed by atoms with Crippen molar-refractivity contribution in [2.45, 2.75) is 26.7 Å². The molecule has 0 atom stereocenters. The van der Waals surface area contributed by atoms with Crippen LogP contribution in [0.3, 0.4) is 0 Å². The Bertz CT molecular complexity index is 746. The second kappa shape index (κ2) is 7.83. The third-order valence-corrected chi connectivity index (χ3v) is 5.71. The van der Waals surface area contributed by atoms with Gasteiger partial charge in [0.15, 0.2) is 0 Å². The lowest BCUT2D eigenvalue weighted by Gasteiger charge is -2.34. The zero-order chi connectivity index (χ0) is 17.8. The number of amides is 2. The number of piperazine rings is 1. The van der Waals surface area contributed by atoms with E-state index in [2.05, 4.69) is 13.8 Å². The predicted octanol–water partition coefficient (Wildman–Crippen LogP) is 3.61. The van der Waals surface area contributed by atoms with Crippen LogP contribution in [0.1, 0.15) is 43.8 Å². The summed E-state index contributed by atoms with van der Waals surface area (Å²) in [7, 11) is 0. The van der Waals surface area contributed by atoms with Crippen molar-refractivity contribution in [2.75, 3.05) is 26.2 Å². The number of aryl methyl sites for hydroxylation is 2. The first kappa shape index (κ1) is 17.7. The van der Waals surface area contributed by atoms with Crippen molar-refractivity contribution < 1.29 is 9.59 Å². The molecule has 132 valence electrons. The van der Waals surface area contributed by atoms with E-state index in [0.717, 1.165) is 17.7 Å². The summed E-state index contributed by atoms with van der Waals surface area (Å²) in [5.74, 6) is 0.146. The molecule has 0 N–H and O–H groups in total. The van der Waals surface area contributed by atoms with Gasteiger partial charge in [0, 0.05) is 36.6 Å². The summed E-state index contributed by atoms with van der Waals surface area (Å²) in [4.78, 5) is 31.0. The van der Waals surface area contributed by atoms with E-state index in [-0.39, 0.29) is 11.8 Å². The summed E-state index contributed by atoms with van der Waals surface area (Å²) in [6.45, 7) is 6.61. The SMILES string of the molecule is CCCc1cc(C(=O)N2CCN(C(=O)c3ccccc3)CC2)sc1C. The van der Waals surface area contributed by atoms with E-state index in [0.29, 0.717) is 31.7 Å². The first-order valence-corrected chi connectivity index (χ1v) is 9.64. The fraction of sp³-hybridized carbons (Fsp3) is 0.400. The van der Waals surface area contributed by atoms with E-state index in [9.17, 15) is 9.59 Å². The molecule has 0 saturated carbocycles. The quantitative estimate of drug-likeness (QED) is 0.840. The Morgan fingerprint density at radius 3 is 2.20 bits per heavy atom. The average Bonchev–Trinajstić information content (AvgIpc) is 3.02. The Morgan fingerprint density at radius 1 is 1.00 bits per heavy atom. The molecule has 4 nitrogen and oxygen atoms in total. The summed E-state index contributed by atoms with van der Waals surface area (Å²) in [5, 5.41) is 0. The molecule has 1 aliphatic heterocycles. The van der Waals surface area contributed by atoms with Gasteiger partial charge < -0.3 is 9.80 Å². The van der Waals surface area contributed by atoms with Gasteiger partial charge in [0.2, 0.25) is 0 Å². The van der Waals surface area contributed by atoms with Crippen molar-refractivity contribution in [1.82, 2.24) is 9.80 Å². The van der Waals surface area contributed by atoms with Crippen LogP contribution in [0.2, 0.25) is 0 Å². The summed E-state index contributed by atoms with van der Waals surface area (Å²) in [5.41, 5.74) is 1.99. The molecular weight excluding hydrogens is 332 g/mol. The highest BCUT2D eigenvalue weighted by atomic mass is 32.1. The topological polar surface area (TPSA) is 40.6 Å². The minimum absolute atomic E-state index is 0.0462. The Hall–Kier alpha value is -2.14. The summed E-state index contributed by atoms with van der Waals surface area (Å²) in [6.07, 6.45) is 2.11. The van der Waals surface area contributed by atoms with Crippen LogP contribution in [0.5, 0.6) is 0 Å². The van der Waals surface area contributed by atoms with E-state index in [4.69, 9.17) is 0 Å². The summed E-state index contributed by atoms with van der Waals surface area (Å²) in [6, 6.07) is 11.4. The van der Waals surface area contributed by atoms with Gasteiger partial charge in [-0.1, -0.05) is 31.5 Å². The number of carbonyl (C=O) groups excluding carboxylic acids is 2. The van der Waals surface area contributed by atoms with E-state index in [1.165, 1.54) is 10.4 Å². The molecule has 1 aliphatic rings. The highest BCUT2D eigenvalue weighted by molar-refractivity contribution is 7.14. The highest BCUT2D eigenvalue weighted by Gasteiger charge is 2.26. The van der Waals surface area contributed by atoms with Crippen LogP contribution in [0.25, 0.3) is 0 Å². The molecule has 1 saturated heterocycles. The molecule has 1 fully saturated rings. The van der Waals surface area contributed by atoms with Gasteiger partial charge in [0.05, 0.1) is 4.88 Å². The lowest BCUT2D eigenvalue weighted by Crippen LogP contribution is -2.50. The van der Waals surface area contributed by atoms with E-state index >= 15 is 0 Å². The van der Waals surface area contributed by atoms with Crippen LogP contribution >= 0.6 is 11.3 Å². The molecular formula is C20H24N2O2S. The first-order valence-electron chi connectivity index (χ1n) is 8.83. The lowest BCUT2D eigenvalue weighted by molar-refractivity contribution is 0.0538. The van der Waals surface area contributed by atoms with Crippen molar-refractivity contribution in [2.24, 2.45) is 0 Å². The Balaban J connectivity index is 1.61. The van der Waals surface area contributed by atoms with Crippen LogP contribution < -0.4 is 0 Å². The zero-order valence-corrected chi connectivity index (χ0v) is 15.6. The molecule has 0 radical (unpaired) electrons. The molecule has 2 heterocycles. The van der Waals surface area contributed by atoms with Gasteiger partial charge >= 0.3 is 0 Å². The van der Waals surface area contributed by atoms with Crippen LogP contribution in [-0.2, 0) is 6.42 Å². The minimum atomic E-state index is 0.0462. The monoisotopic (exact) mass is 356 g/mol. The van der Waals surface area contributed by atoms with Crippen molar-refractivity contribution >= 4 is 23.2 Å². The van der Waals surface area contributed by atoms with Crippen LogP contribution in [0.15, 0.2) is 36.4 Å². The molecule has 0 bridgehead atoms. The number of benzene rings is 1. The van der Waals surface area contributed by atoms with Crippen molar-refractivity contribution in [1.29, 1.82) is 0 Å². The van der Waals surface area contributed by atoms with Crippen molar-refractivity contribution in [3.63, 3.8) is 0 Å². The third kappa shape index (κ3) is 3.93. The molecule has 0 aliphatic carbocycles. The number of rotatable bonds is 4. The molecule has 0 unspecified atom stereocenters. The molecule has 0 spiro atoms. The first-order chi connectivity index (χ1) is 12.1. The van der Waals surface area contributed by atoms with Crippen molar-refractivity contribution in [3.8, 4) is 0 Å².